The minimum atomic E-state index is -1.09. The van der Waals surface area contributed by atoms with Crippen LogP contribution in [0.1, 0.15) is 56.2 Å². The van der Waals surface area contributed by atoms with Crippen LogP contribution in [0.5, 0.6) is 0 Å². The number of fused-ring (bicyclic) bond motifs is 1. The van der Waals surface area contributed by atoms with Gasteiger partial charge in [-0.1, -0.05) is 11.6 Å². The predicted molar refractivity (Wildman–Crippen MR) is 66.5 cm³/mol. The Morgan fingerprint density at radius 3 is 2.68 bits per heavy atom. The number of carboxylic acid groups (broad SMARTS) is 1. The Balaban J connectivity index is 0.00000144. The quantitative estimate of drug-likeness (QED) is 0.576. The van der Waals surface area contributed by atoms with E-state index in [0.717, 1.165) is 19.3 Å². The SMILES string of the molecule is O=C([O-])[C@@]12CCC[C@]1(C(=O)NCc1nc(C3CC3)no1)C2.[Na+]. The molecule has 1 aromatic heterocycles. The summed E-state index contributed by atoms with van der Waals surface area (Å²) in [6, 6.07) is 0. The second-order valence-electron chi connectivity index (χ2n) is 6.49. The molecule has 0 saturated heterocycles. The molecule has 7 nitrogen and oxygen atoms in total. The fourth-order valence-corrected chi connectivity index (χ4v) is 3.77. The first kappa shape index (κ1) is 16.0. The van der Waals surface area contributed by atoms with Gasteiger partial charge in [-0.25, -0.2) is 0 Å². The van der Waals surface area contributed by atoms with Gasteiger partial charge in [0.1, 0.15) is 0 Å². The zero-order valence-electron chi connectivity index (χ0n) is 12.6. The van der Waals surface area contributed by atoms with E-state index in [9.17, 15) is 14.7 Å². The number of carbonyl (C=O) groups excluding carboxylic acids is 2. The van der Waals surface area contributed by atoms with E-state index in [4.69, 9.17) is 4.52 Å². The van der Waals surface area contributed by atoms with Crippen LogP contribution in [-0.4, -0.2) is 22.0 Å². The second-order valence-corrected chi connectivity index (χ2v) is 6.49. The number of aliphatic carboxylic acids is 1. The van der Waals surface area contributed by atoms with Crippen molar-refractivity contribution in [2.75, 3.05) is 0 Å². The number of carboxylic acids is 1. The Morgan fingerprint density at radius 1 is 1.32 bits per heavy atom. The van der Waals surface area contributed by atoms with Crippen molar-refractivity contribution in [1.82, 2.24) is 15.5 Å². The standard InChI is InChI=1S/C14H17N3O4.Na/c18-11(13-4-1-5-14(13,7-13)12(19)20)15-6-9-16-10(17-21-9)8-2-3-8;/h8H,1-7H2,(H,15,18)(H,19,20);/q;+1/p-1/t13-,14+;/m1./s1. The van der Waals surface area contributed by atoms with Crippen LogP contribution in [0.25, 0.3) is 0 Å². The van der Waals surface area contributed by atoms with Crippen molar-refractivity contribution in [3.05, 3.63) is 11.7 Å². The summed E-state index contributed by atoms with van der Waals surface area (Å²) in [7, 11) is 0. The van der Waals surface area contributed by atoms with E-state index < -0.39 is 16.8 Å². The third-order valence-corrected chi connectivity index (χ3v) is 5.25. The summed E-state index contributed by atoms with van der Waals surface area (Å²) in [5, 5.41) is 17.9. The molecule has 1 heterocycles. The molecule has 1 aromatic rings. The normalized spacial score (nSPS) is 32.0. The molecule has 0 aromatic carbocycles. The molecule has 8 heteroatoms. The van der Waals surface area contributed by atoms with Gasteiger partial charge in [0.25, 0.3) is 0 Å². The fraction of sp³-hybridized carbons (Fsp3) is 0.714. The first-order valence-electron chi connectivity index (χ1n) is 7.40. The average Bonchev–Trinajstić information content (AvgIpc) is 3.34. The largest absolute Gasteiger partial charge is 1.00 e. The molecule has 22 heavy (non-hydrogen) atoms. The van der Waals surface area contributed by atoms with Gasteiger partial charge in [-0.3, -0.25) is 4.79 Å². The number of carbonyl (C=O) groups is 2. The number of rotatable bonds is 5. The van der Waals surface area contributed by atoms with E-state index in [1.807, 2.05) is 0 Å². The van der Waals surface area contributed by atoms with Crippen LogP contribution >= 0.6 is 0 Å². The topological polar surface area (TPSA) is 108 Å². The van der Waals surface area contributed by atoms with Crippen molar-refractivity contribution in [2.24, 2.45) is 10.8 Å². The number of amides is 1. The summed E-state index contributed by atoms with van der Waals surface area (Å²) in [5.74, 6) is 0.160. The average molecular weight is 313 g/mol. The van der Waals surface area contributed by atoms with Gasteiger partial charge in [0.2, 0.25) is 11.8 Å². The molecule has 1 amide bonds. The smallest absolute Gasteiger partial charge is 0.550 e. The number of aromatic nitrogens is 2. The number of nitrogens with one attached hydrogen (secondary N) is 1. The van der Waals surface area contributed by atoms with Crippen molar-refractivity contribution in [3.63, 3.8) is 0 Å². The first-order valence-corrected chi connectivity index (χ1v) is 7.40. The molecule has 0 radical (unpaired) electrons. The van der Waals surface area contributed by atoms with Gasteiger partial charge >= 0.3 is 29.6 Å². The monoisotopic (exact) mass is 313 g/mol. The molecule has 0 spiro atoms. The minimum Gasteiger partial charge on any atom is -0.550 e. The number of hydrogen-bond donors (Lipinski definition) is 1. The number of hydrogen-bond acceptors (Lipinski definition) is 6. The third-order valence-electron chi connectivity index (χ3n) is 5.25. The zero-order chi connectivity index (χ0) is 14.7. The Morgan fingerprint density at radius 2 is 2.05 bits per heavy atom. The van der Waals surface area contributed by atoms with Crippen LogP contribution < -0.4 is 40.0 Å². The Bertz CT molecular complexity index is 629. The Hall–Kier alpha value is -0.920. The van der Waals surface area contributed by atoms with Crippen LogP contribution in [0.15, 0.2) is 4.52 Å². The molecule has 4 rings (SSSR count). The van der Waals surface area contributed by atoms with Crippen molar-refractivity contribution >= 4 is 11.9 Å². The van der Waals surface area contributed by atoms with E-state index >= 15 is 0 Å². The maximum Gasteiger partial charge on any atom is 1.00 e. The molecule has 3 fully saturated rings. The van der Waals surface area contributed by atoms with Crippen LogP contribution in [0.2, 0.25) is 0 Å². The molecule has 0 aliphatic heterocycles. The molecular weight excluding hydrogens is 297 g/mol. The van der Waals surface area contributed by atoms with E-state index in [1.165, 1.54) is 0 Å². The summed E-state index contributed by atoms with van der Waals surface area (Å²) in [6.45, 7) is 0.156. The van der Waals surface area contributed by atoms with Gasteiger partial charge in [0, 0.05) is 17.3 Å². The summed E-state index contributed by atoms with van der Waals surface area (Å²) < 4.78 is 5.09. The van der Waals surface area contributed by atoms with Gasteiger partial charge in [0.15, 0.2) is 5.82 Å². The molecule has 112 valence electrons. The van der Waals surface area contributed by atoms with E-state index in [2.05, 4.69) is 15.5 Å². The summed E-state index contributed by atoms with van der Waals surface area (Å²) in [5.41, 5.74) is -1.71. The van der Waals surface area contributed by atoms with Gasteiger partial charge in [-0.2, -0.15) is 4.98 Å². The summed E-state index contributed by atoms with van der Waals surface area (Å²) in [4.78, 5) is 27.9. The molecule has 0 bridgehead atoms. The minimum absolute atomic E-state index is 0. The molecule has 2 atom stereocenters. The fourth-order valence-electron chi connectivity index (χ4n) is 3.77. The molecule has 0 unspecified atom stereocenters. The second kappa shape index (κ2) is 5.32. The molecule has 3 aliphatic carbocycles. The Kier molecular flexibility index (Phi) is 3.86. The Labute approximate surface area is 149 Å². The van der Waals surface area contributed by atoms with Crippen molar-refractivity contribution in [1.29, 1.82) is 0 Å². The van der Waals surface area contributed by atoms with Crippen LogP contribution in [0.4, 0.5) is 0 Å². The van der Waals surface area contributed by atoms with E-state index in [-0.39, 0.29) is 42.0 Å². The van der Waals surface area contributed by atoms with Gasteiger partial charge in [0.05, 0.1) is 12.0 Å². The predicted octanol–water partition coefficient (Wildman–Crippen LogP) is -3.12. The van der Waals surface area contributed by atoms with Gasteiger partial charge < -0.3 is 19.7 Å². The molecule has 1 N–H and O–H groups in total. The van der Waals surface area contributed by atoms with Crippen molar-refractivity contribution in [3.8, 4) is 0 Å². The van der Waals surface area contributed by atoms with Crippen molar-refractivity contribution < 1.29 is 48.8 Å². The molecule has 3 aliphatic rings. The number of nitrogens with zero attached hydrogens (tertiary/aromatic N) is 2. The summed E-state index contributed by atoms with van der Waals surface area (Å²) in [6.07, 6.45) is 4.48. The van der Waals surface area contributed by atoms with Gasteiger partial charge in [-0.05, 0) is 32.1 Å². The van der Waals surface area contributed by atoms with E-state index in [0.29, 0.717) is 36.9 Å². The molecule has 3 saturated carbocycles. The zero-order valence-corrected chi connectivity index (χ0v) is 14.6. The third kappa shape index (κ3) is 2.21. The van der Waals surface area contributed by atoms with Crippen molar-refractivity contribution in [2.45, 2.75) is 51.0 Å². The first-order chi connectivity index (χ1) is 10.1. The maximum absolute atomic E-state index is 12.4. The van der Waals surface area contributed by atoms with Crippen LogP contribution in [0, 0.1) is 10.8 Å². The molecular formula is C14H16N3NaO4. The van der Waals surface area contributed by atoms with Gasteiger partial charge in [-0.15, -0.1) is 0 Å². The maximum atomic E-state index is 12.4. The van der Waals surface area contributed by atoms with Crippen LogP contribution in [0.3, 0.4) is 0 Å². The van der Waals surface area contributed by atoms with E-state index in [1.54, 1.807) is 0 Å². The van der Waals surface area contributed by atoms with Crippen LogP contribution in [-0.2, 0) is 16.1 Å². The summed E-state index contributed by atoms with van der Waals surface area (Å²) >= 11 is 0.